The summed E-state index contributed by atoms with van der Waals surface area (Å²) in [5.41, 5.74) is 3.67. The zero-order valence-electron chi connectivity index (χ0n) is 15.1. The maximum atomic E-state index is 12.5. The smallest absolute Gasteiger partial charge is 0.258 e. The molecule has 1 aliphatic rings. The first-order chi connectivity index (χ1) is 12.1. The van der Waals surface area contributed by atoms with Crippen molar-refractivity contribution in [3.8, 4) is 5.75 Å². The van der Waals surface area contributed by atoms with Gasteiger partial charge in [-0.05, 0) is 56.5 Å². The van der Waals surface area contributed by atoms with Crippen molar-refractivity contribution in [2.24, 2.45) is 0 Å². The van der Waals surface area contributed by atoms with E-state index in [0.717, 1.165) is 36.5 Å². The van der Waals surface area contributed by atoms with Crippen LogP contribution in [0, 0.1) is 6.92 Å². The Morgan fingerprint density at radius 1 is 1.48 bits per heavy atom. The van der Waals surface area contributed by atoms with Gasteiger partial charge < -0.3 is 15.0 Å². The summed E-state index contributed by atoms with van der Waals surface area (Å²) in [5.74, 6) is 0.587. The normalized spacial score (nSPS) is 17.6. The largest absolute Gasteiger partial charge is 0.497 e. The molecule has 1 amide bonds. The van der Waals surface area contributed by atoms with Gasteiger partial charge in [-0.25, -0.2) is 0 Å². The predicted octanol–water partition coefficient (Wildman–Crippen LogP) is 3.01. The van der Waals surface area contributed by atoms with Gasteiger partial charge in [-0.3, -0.25) is 9.89 Å². The molecule has 0 aliphatic carbocycles. The molecule has 6 nitrogen and oxygen atoms in total. The highest BCUT2D eigenvalue weighted by atomic mass is 16.5. The molecule has 1 aromatic heterocycles. The molecule has 1 atom stereocenters. The van der Waals surface area contributed by atoms with Crippen molar-refractivity contribution in [1.82, 2.24) is 15.1 Å². The van der Waals surface area contributed by atoms with Crippen LogP contribution in [-0.2, 0) is 6.42 Å². The lowest BCUT2D eigenvalue weighted by Crippen LogP contribution is -2.31. The van der Waals surface area contributed by atoms with E-state index in [2.05, 4.69) is 34.3 Å². The van der Waals surface area contributed by atoms with Crippen molar-refractivity contribution in [3.63, 3.8) is 0 Å². The predicted molar refractivity (Wildman–Crippen MR) is 98.2 cm³/mol. The van der Waals surface area contributed by atoms with Crippen LogP contribution >= 0.6 is 0 Å². The second-order valence-corrected chi connectivity index (χ2v) is 6.54. The topological polar surface area (TPSA) is 70.2 Å². The molecular formula is C19H26N4O2. The number of amides is 1. The van der Waals surface area contributed by atoms with E-state index in [9.17, 15) is 4.79 Å². The fraction of sp³-hybridized carbons (Fsp3) is 0.474. The van der Waals surface area contributed by atoms with Crippen molar-refractivity contribution >= 4 is 11.6 Å². The third-order valence-electron chi connectivity index (χ3n) is 5.04. The number of nitrogens with one attached hydrogen (secondary N) is 2. The molecule has 134 valence electrons. The minimum absolute atomic E-state index is 0.165. The number of anilines is 1. The summed E-state index contributed by atoms with van der Waals surface area (Å²) in [5, 5.41) is 9.56. The number of H-pyrrole nitrogens is 1. The molecule has 2 N–H and O–H groups in total. The van der Waals surface area contributed by atoms with E-state index < -0.39 is 0 Å². The van der Waals surface area contributed by atoms with Gasteiger partial charge in [0.1, 0.15) is 5.75 Å². The van der Waals surface area contributed by atoms with Crippen LogP contribution in [0.3, 0.4) is 0 Å². The highest BCUT2D eigenvalue weighted by Crippen LogP contribution is 2.31. The van der Waals surface area contributed by atoms with E-state index in [0.29, 0.717) is 11.6 Å². The Balaban J connectivity index is 1.89. The standard InChI is InChI=1S/C19H26N4O2/c1-4-23-7-5-6-15(23)9-17-13(2)8-16(25-3)10-18(17)22-19(24)14-11-20-21-12-14/h8,10-12,15H,4-7,9H2,1-3H3,(H,20,21)(H,22,24). The number of nitrogens with zero attached hydrogens (tertiary/aromatic N) is 2. The molecule has 2 aromatic rings. The van der Waals surface area contributed by atoms with Gasteiger partial charge in [0.25, 0.3) is 5.91 Å². The molecule has 0 radical (unpaired) electrons. The Kier molecular flexibility index (Phi) is 5.38. The van der Waals surface area contributed by atoms with Gasteiger partial charge >= 0.3 is 0 Å². The molecule has 1 unspecified atom stereocenters. The zero-order chi connectivity index (χ0) is 17.8. The molecule has 6 heteroatoms. The Labute approximate surface area is 148 Å². The minimum Gasteiger partial charge on any atom is -0.497 e. The van der Waals surface area contributed by atoms with E-state index in [4.69, 9.17) is 4.74 Å². The molecule has 0 saturated carbocycles. The Morgan fingerprint density at radius 2 is 2.32 bits per heavy atom. The molecule has 1 aliphatic heterocycles. The molecule has 1 aromatic carbocycles. The van der Waals surface area contributed by atoms with Gasteiger partial charge in [0, 0.05) is 24.0 Å². The number of aromatic nitrogens is 2. The second kappa shape index (κ2) is 7.70. The van der Waals surface area contributed by atoms with Crippen LogP contribution in [0.2, 0.25) is 0 Å². The highest BCUT2D eigenvalue weighted by Gasteiger charge is 2.25. The van der Waals surface area contributed by atoms with Gasteiger partial charge in [0.2, 0.25) is 0 Å². The molecule has 25 heavy (non-hydrogen) atoms. The maximum Gasteiger partial charge on any atom is 0.258 e. The number of rotatable bonds is 6. The SMILES string of the molecule is CCN1CCCC1Cc1c(C)cc(OC)cc1NC(=O)c1cn[nH]c1. The number of likely N-dealkylation sites (tertiary alicyclic amines) is 1. The summed E-state index contributed by atoms with van der Waals surface area (Å²) in [6.45, 7) is 6.51. The van der Waals surface area contributed by atoms with Crippen molar-refractivity contribution in [1.29, 1.82) is 0 Å². The fourth-order valence-electron chi connectivity index (χ4n) is 3.63. The molecule has 1 fully saturated rings. The Hall–Kier alpha value is -2.34. The van der Waals surface area contributed by atoms with Gasteiger partial charge in [0.05, 0.1) is 18.9 Å². The summed E-state index contributed by atoms with van der Waals surface area (Å²) in [4.78, 5) is 15.0. The van der Waals surface area contributed by atoms with E-state index in [-0.39, 0.29) is 5.91 Å². The van der Waals surface area contributed by atoms with Crippen LogP contribution in [0.15, 0.2) is 24.5 Å². The first kappa shape index (κ1) is 17.5. The summed E-state index contributed by atoms with van der Waals surface area (Å²) < 4.78 is 5.40. The summed E-state index contributed by atoms with van der Waals surface area (Å²) in [6, 6.07) is 4.47. The molecule has 3 rings (SSSR count). The molecule has 0 spiro atoms. The fourth-order valence-corrected chi connectivity index (χ4v) is 3.63. The van der Waals surface area contributed by atoms with E-state index in [1.807, 2.05) is 12.1 Å². The van der Waals surface area contributed by atoms with E-state index in [1.165, 1.54) is 24.6 Å². The lowest BCUT2D eigenvalue weighted by Gasteiger charge is -2.25. The summed E-state index contributed by atoms with van der Waals surface area (Å²) >= 11 is 0. The number of aryl methyl sites for hydroxylation is 1. The van der Waals surface area contributed by atoms with Crippen LogP contribution in [-0.4, -0.2) is 47.2 Å². The number of hydrogen-bond donors (Lipinski definition) is 2. The van der Waals surface area contributed by atoms with E-state index >= 15 is 0 Å². The second-order valence-electron chi connectivity index (χ2n) is 6.54. The first-order valence-corrected chi connectivity index (χ1v) is 8.84. The van der Waals surface area contributed by atoms with Gasteiger partial charge in [-0.1, -0.05) is 6.92 Å². The Morgan fingerprint density at radius 3 is 3.00 bits per heavy atom. The van der Waals surface area contributed by atoms with Gasteiger partial charge in [0.15, 0.2) is 0 Å². The van der Waals surface area contributed by atoms with Crippen LogP contribution in [0.5, 0.6) is 5.75 Å². The van der Waals surface area contributed by atoms with Crippen molar-refractivity contribution < 1.29 is 9.53 Å². The molecule has 0 bridgehead atoms. The summed E-state index contributed by atoms with van der Waals surface area (Å²) in [7, 11) is 1.64. The minimum atomic E-state index is -0.165. The van der Waals surface area contributed by atoms with Crippen LogP contribution in [0.1, 0.15) is 41.3 Å². The molecule has 2 heterocycles. The monoisotopic (exact) mass is 342 g/mol. The zero-order valence-corrected chi connectivity index (χ0v) is 15.1. The number of carbonyl (C=O) groups is 1. The number of likely N-dealkylation sites (N-methyl/N-ethyl adjacent to an activating group) is 1. The van der Waals surface area contributed by atoms with E-state index in [1.54, 1.807) is 13.3 Å². The number of hydrogen-bond acceptors (Lipinski definition) is 4. The summed E-state index contributed by atoms with van der Waals surface area (Å²) in [6.07, 6.45) is 6.50. The third-order valence-corrected chi connectivity index (χ3v) is 5.04. The average molecular weight is 342 g/mol. The number of carbonyl (C=O) groups excluding carboxylic acids is 1. The quantitative estimate of drug-likeness (QED) is 0.847. The number of methoxy groups -OCH3 is 1. The van der Waals surface area contributed by atoms with Crippen molar-refractivity contribution in [3.05, 3.63) is 41.2 Å². The lowest BCUT2D eigenvalue weighted by atomic mass is 9.97. The van der Waals surface area contributed by atoms with Crippen molar-refractivity contribution in [2.75, 3.05) is 25.5 Å². The molecular weight excluding hydrogens is 316 g/mol. The molecule has 1 saturated heterocycles. The highest BCUT2D eigenvalue weighted by molar-refractivity contribution is 6.04. The Bertz CT molecular complexity index is 727. The number of benzene rings is 1. The number of ether oxygens (including phenoxy) is 1. The van der Waals surface area contributed by atoms with Crippen LogP contribution in [0.25, 0.3) is 0 Å². The van der Waals surface area contributed by atoms with Crippen LogP contribution < -0.4 is 10.1 Å². The van der Waals surface area contributed by atoms with Crippen LogP contribution in [0.4, 0.5) is 5.69 Å². The lowest BCUT2D eigenvalue weighted by molar-refractivity contribution is 0.102. The van der Waals surface area contributed by atoms with Gasteiger partial charge in [-0.15, -0.1) is 0 Å². The third kappa shape index (κ3) is 3.85. The van der Waals surface area contributed by atoms with Crippen molar-refractivity contribution in [2.45, 2.75) is 39.2 Å². The first-order valence-electron chi connectivity index (χ1n) is 8.84. The maximum absolute atomic E-state index is 12.5. The van der Waals surface area contributed by atoms with Gasteiger partial charge in [-0.2, -0.15) is 5.10 Å². The number of aromatic amines is 1. The average Bonchev–Trinajstić information content (AvgIpc) is 3.28.